The van der Waals surface area contributed by atoms with E-state index in [-0.39, 0.29) is 11.4 Å². The Morgan fingerprint density at radius 2 is 2.00 bits per heavy atom. The van der Waals surface area contributed by atoms with Crippen molar-refractivity contribution in [2.24, 2.45) is 11.3 Å². The molecule has 0 atom stereocenters. The van der Waals surface area contributed by atoms with Gasteiger partial charge in [-0.15, -0.1) is 0 Å². The molecule has 1 aliphatic rings. The van der Waals surface area contributed by atoms with Gasteiger partial charge in [0, 0.05) is 0 Å². The van der Waals surface area contributed by atoms with Gasteiger partial charge in [-0.2, -0.15) is 0 Å². The third-order valence-electron chi connectivity index (χ3n) is 3.36. The number of esters is 1. The Morgan fingerprint density at radius 1 is 1.38 bits per heavy atom. The minimum absolute atomic E-state index is 0.00208. The third kappa shape index (κ3) is 4.12. The largest absolute Gasteiger partial charge is 0.465 e. The Bertz CT molecular complexity index is 220. The van der Waals surface area contributed by atoms with Gasteiger partial charge in [-0.3, -0.25) is 4.79 Å². The van der Waals surface area contributed by atoms with Gasteiger partial charge in [0.2, 0.25) is 0 Å². The maximum Gasteiger partial charge on any atom is 0.311 e. The fourth-order valence-corrected chi connectivity index (χ4v) is 2.01. The highest BCUT2D eigenvalue weighted by atomic mass is 16.5. The van der Waals surface area contributed by atoms with Gasteiger partial charge in [-0.1, -0.05) is 13.8 Å². The summed E-state index contributed by atoms with van der Waals surface area (Å²) in [4.78, 5) is 11.9. The summed E-state index contributed by atoms with van der Waals surface area (Å²) in [5.41, 5.74) is -0.247. The Morgan fingerprint density at radius 3 is 2.56 bits per heavy atom. The maximum atomic E-state index is 11.9. The minimum Gasteiger partial charge on any atom is -0.465 e. The van der Waals surface area contributed by atoms with Crippen LogP contribution in [0.5, 0.6) is 0 Å². The summed E-state index contributed by atoms with van der Waals surface area (Å²) in [6.45, 7) is 8.85. The number of nitrogens with one attached hydrogen (secondary N) is 1. The molecule has 0 aromatic carbocycles. The van der Waals surface area contributed by atoms with Crippen LogP contribution in [0.2, 0.25) is 0 Å². The normalized spacial score (nSPS) is 19.8. The monoisotopic (exact) mass is 227 g/mol. The standard InChI is InChI=1S/C13H25NO2/c1-11(2)5-4-10-16-12(15)13(3)6-8-14-9-7-13/h11,14H,4-10H2,1-3H3. The summed E-state index contributed by atoms with van der Waals surface area (Å²) in [5, 5.41) is 3.27. The van der Waals surface area contributed by atoms with Crippen molar-refractivity contribution in [3.63, 3.8) is 0 Å². The highest BCUT2D eigenvalue weighted by molar-refractivity contribution is 5.76. The molecular formula is C13H25NO2. The lowest BCUT2D eigenvalue weighted by Gasteiger charge is -2.31. The van der Waals surface area contributed by atoms with Crippen molar-refractivity contribution >= 4 is 5.97 Å². The molecule has 0 saturated carbocycles. The zero-order valence-corrected chi connectivity index (χ0v) is 10.8. The summed E-state index contributed by atoms with van der Waals surface area (Å²) in [7, 11) is 0. The first kappa shape index (κ1) is 13.5. The highest BCUT2D eigenvalue weighted by Crippen LogP contribution is 2.29. The van der Waals surface area contributed by atoms with Gasteiger partial charge in [-0.25, -0.2) is 0 Å². The van der Waals surface area contributed by atoms with Crippen molar-refractivity contribution in [3.8, 4) is 0 Å². The lowest BCUT2D eigenvalue weighted by atomic mass is 9.81. The predicted molar refractivity (Wildman–Crippen MR) is 65.2 cm³/mol. The first-order valence-corrected chi connectivity index (χ1v) is 6.42. The van der Waals surface area contributed by atoms with Crippen LogP contribution in [-0.4, -0.2) is 25.7 Å². The second kappa shape index (κ2) is 6.24. The Labute approximate surface area is 98.9 Å². The number of carbonyl (C=O) groups excluding carboxylic acids is 1. The molecule has 1 N–H and O–H groups in total. The van der Waals surface area contributed by atoms with Crippen LogP contribution >= 0.6 is 0 Å². The fourth-order valence-electron chi connectivity index (χ4n) is 2.01. The topological polar surface area (TPSA) is 38.3 Å². The molecule has 0 radical (unpaired) electrons. The van der Waals surface area contributed by atoms with Crippen molar-refractivity contribution in [3.05, 3.63) is 0 Å². The number of carbonyl (C=O) groups is 1. The van der Waals surface area contributed by atoms with Crippen LogP contribution in [0, 0.1) is 11.3 Å². The minimum atomic E-state index is -0.247. The summed E-state index contributed by atoms with van der Waals surface area (Å²) in [5.74, 6) is 0.686. The molecule has 1 saturated heterocycles. The molecule has 1 heterocycles. The smallest absolute Gasteiger partial charge is 0.311 e. The first-order chi connectivity index (χ1) is 7.54. The van der Waals surface area contributed by atoms with Gasteiger partial charge in [-0.05, 0) is 51.6 Å². The summed E-state index contributed by atoms with van der Waals surface area (Å²) in [6.07, 6.45) is 3.91. The molecule has 0 aromatic heterocycles. The summed E-state index contributed by atoms with van der Waals surface area (Å²) < 4.78 is 5.37. The molecule has 0 spiro atoms. The van der Waals surface area contributed by atoms with Crippen LogP contribution in [0.3, 0.4) is 0 Å². The molecule has 1 rings (SSSR count). The summed E-state index contributed by atoms with van der Waals surface area (Å²) in [6, 6.07) is 0. The molecule has 0 unspecified atom stereocenters. The van der Waals surface area contributed by atoms with E-state index >= 15 is 0 Å². The molecule has 94 valence electrons. The van der Waals surface area contributed by atoms with E-state index in [0.717, 1.165) is 38.8 Å². The van der Waals surface area contributed by atoms with Crippen LogP contribution in [0.15, 0.2) is 0 Å². The number of ether oxygens (including phenoxy) is 1. The molecule has 3 heteroatoms. The summed E-state index contributed by atoms with van der Waals surface area (Å²) >= 11 is 0. The molecule has 0 aliphatic carbocycles. The number of piperidine rings is 1. The van der Waals surface area contributed by atoms with Crippen LogP contribution in [0.25, 0.3) is 0 Å². The van der Waals surface area contributed by atoms with Gasteiger partial charge in [0.05, 0.1) is 12.0 Å². The SMILES string of the molecule is CC(C)CCCOC(=O)C1(C)CCNCC1. The van der Waals surface area contributed by atoms with Crippen LogP contribution in [0.4, 0.5) is 0 Å². The zero-order chi connectivity index (χ0) is 12.0. The van der Waals surface area contributed by atoms with Crippen molar-refractivity contribution in [2.75, 3.05) is 19.7 Å². The van der Waals surface area contributed by atoms with Crippen molar-refractivity contribution in [1.29, 1.82) is 0 Å². The molecular weight excluding hydrogens is 202 g/mol. The zero-order valence-electron chi connectivity index (χ0n) is 10.8. The van der Waals surface area contributed by atoms with Gasteiger partial charge < -0.3 is 10.1 Å². The second-order valence-corrected chi connectivity index (χ2v) is 5.48. The molecule has 1 aliphatic heterocycles. The number of rotatable bonds is 5. The van der Waals surface area contributed by atoms with Crippen molar-refractivity contribution < 1.29 is 9.53 Å². The van der Waals surface area contributed by atoms with E-state index in [9.17, 15) is 4.79 Å². The van der Waals surface area contributed by atoms with E-state index in [4.69, 9.17) is 4.74 Å². The van der Waals surface area contributed by atoms with Gasteiger partial charge in [0.15, 0.2) is 0 Å². The quantitative estimate of drug-likeness (QED) is 0.579. The van der Waals surface area contributed by atoms with Crippen molar-refractivity contribution in [2.45, 2.75) is 46.5 Å². The Balaban J connectivity index is 2.23. The average Bonchev–Trinajstić information content (AvgIpc) is 2.25. The predicted octanol–water partition coefficient (Wildman–Crippen LogP) is 2.36. The molecule has 3 nitrogen and oxygen atoms in total. The third-order valence-corrected chi connectivity index (χ3v) is 3.36. The maximum absolute atomic E-state index is 11.9. The first-order valence-electron chi connectivity index (χ1n) is 6.42. The fraction of sp³-hybridized carbons (Fsp3) is 0.923. The highest BCUT2D eigenvalue weighted by Gasteiger charge is 2.35. The lowest BCUT2D eigenvalue weighted by Crippen LogP contribution is -2.41. The van der Waals surface area contributed by atoms with E-state index in [1.54, 1.807) is 0 Å². The lowest BCUT2D eigenvalue weighted by molar-refractivity contribution is -0.156. The van der Waals surface area contributed by atoms with Gasteiger partial charge in [0.25, 0.3) is 0 Å². The molecule has 0 aromatic rings. The Hall–Kier alpha value is -0.570. The average molecular weight is 227 g/mol. The molecule has 0 bridgehead atoms. The van der Waals surface area contributed by atoms with Crippen LogP contribution in [-0.2, 0) is 9.53 Å². The number of hydrogen-bond donors (Lipinski definition) is 1. The molecule has 16 heavy (non-hydrogen) atoms. The van der Waals surface area contributed by atoms with Gasteiger partial charge >= 0.3 is 5.97 Å². The van der Waals surface area contributed by atoms with Crippen LogP contribution in [0.1, 0.15) is 46.5 Å². The van der Waals surface area contributed by atoms with Crippen molar-refractivity contribution in [1.82, 2.24) is 5.32 Å². The van der Waals surface area contributed by atoms with E-state index in [2.05, 4.69) is 19.2 Å². The second-order valence-electron chi connectivity index (χ2n) is 5.48. The van der Waals surface area contributed by atoms with E-state index < -0.39 is 0 Å². The molecule has 1 fully saturated rings. The van der Waals surface area contributed by atoms with E-state index in [1.807, 2.05) is 6.92 Å². The van der Waals surface area contributed by atoms with Gasteiger partial charge in [0.1, 0.15) is 0 Å². The number of hydrogen-bond acceptors (Lipinski definition) is 3. The Kier molecular flexibility index (Phi) is 5.26. The van der Waals surface area contributed by atoms with Crippen LogP contribution < -0.4 is 5.32 Å². The molecule has 0 amide bonds. The van der Waals surface area contributed by atoms with E-state index in [0.29, 0.717) is 12.5 Å². The van der Waals surface area contributed by atoms with E-state index in [1.165, 1.54) is 0 Å².